The Bertz CT molecular complexity index is 1100. The first-order valence-corrected chi connectivity index (χ1v) is 11.6. The molecule has 1 N–H and O–H groups in total. The van der Waals surface area contributed by atoms with Crippen LogP contribution in [0.4, 0.5) is 0 Å². The highest BCUT2D eigenvalue weighted by Crippen LogP contribution is 2.43. The van der Waals surface area contributed by atoms with Crippen LogP contribution in [0.5, 0.6) is 5.75 Å². The monoisotopic (exact) mass is 452 g/mol. The Hall–Kier alpha value is -2.14. The minimum absolute atomic E-state index is 0. The van der Waals surface area contributed by atoms with Gasteiger partial charge in [0.1, 0.15) is 5.75 Å². The molecule has 5 heteroatoms. The molecule has 3 saturated heterocycles. The van der Waals surface area contributed by atoms with Crippen LogP contribution in [0.15, 0.2) is 48.5 Å². The Morgan fingerprint density at radius 2 is 2.00 bits per heavy atom. The maximum Gasteiger partial charge on any atom is 0.119 e. The van der Waals surface area contributed by atoms with Gasteiger partial charge < -0.3 is 9.84 Å². The molecule has 2 aromatic carbocycles. The normalized spacial score (nSPS) is 25.4. The fourth-order valence-electron chi connectivity index (χ4n) is 5.78. The van der Waals surface area contributed by atoms with Crippen LogP contribution in [0.3, 0.4) is 0 Å². The number of hydrogen-bond acceptors (Lipinski definition) is 4. The Morgan fingerprint density at radius 3 is 2.69 bits per heavy atom. The Kier molecular flexibility index (Phi) is 6.75. The topological polar surface area (TPSA) is 45.6 Å². The summed E-state index contributed by atoms with van der Waals surface area (Å²) in [5.74, 6) is 2.30. The first kappa shape index (κ1) is 23.0. The highest BCUT2D eigenvalue weighted by molar-refractivity contribution is 5.87. The van der Waals surface area contributed by atoms with Gasteiger partial charge in [-0.3, -0.25) is 4.90 Å². The van der Waals surface area contributed by atoms with Gasteiger partial charge in [0.15, 0.2) is 0 Å². The number of fused-ring (bicyclic) bond motifs is 4. The predicted molar refractivity (Wildman–Crippen MR) is 133 cm³/mol. The van der Waals surface area contributed by atoms with Gasteiger partial charge in [-0.15, -0.1) is 12.4 Å². The number of aryl methyl sites for hydroxylation is 1. The van der Waals surface area contributed by atoms with Gasteiger partial charge in [-0.05, 0) is 73.5 Å². The van der Waals surface area contributed by atoms with Crippen LogP contribution >= 0.6 is 12.4 Å². The standard InChI is InChI=1S/C27H32N2O2.ClH/c1-4-18-16-29-12-11-19(18)13-26(29)27(30)23-15-25(21-8-6-5-7-17(21)2)28-24-10-9-20(31-3)14-22(23)24;/h5-10,14-15,18-19,26-27,30H,4,11-13,16H2,1-3H3;1H/t18-,19-,26-,27+;/m0./s1. The number of halogens is 1. The molecule has 1 aromatic heterocycles. The number of methoxy groups -OCH3 is 1. The van der Waals surface area contributed by atoms with Gasteiger partial charge in [0, 0.05) is 23.5 Å². The molecule has 32 heavy (non-hydrogen) atoms. The van der Waals surface area contributed by atoms with Gasteiger partial charge in [0.05, 0.1) is 24.4 Å². The molecule has 1 unspecified atom stereocenters. The van der Waals surface area contributed by atoms with Crippen LogP contribution in [0.25, 0.3) is 22.2 Å². The number of aliphatic hydroxyl groups excluding tert-OH is 1. The van der Waals surface area contributed by atoms with Crippen molar-refractivity contribution < 1.29 is 9.84 Å². The number of nitrogens with zero attached hydrogens (tertiary/aromatic N) is 2. The van der Waals surface area contributed by atoms with Crippen molar-refractivity contribution in [2.75, 3.05) is 20.2 Å². The molecule has 3 aromatic rings. The smallest absolute Gasteiger partial charge is 0.119 e. The third-order valence-corrected chi connectivity index (χ3v) is 7.61. The molecule has 3 aliphatic heterocycles. The van der Waals surface area contributed by atoms with E-state index >= 15 is 0 Å². The molecule has 5 atom stereocenters. The quantitative estimate of drug-likeness (QED) is 0.531. The minimum atomic E-state index is -0.541. The van der Waals surface area contributed by atoms with Crippen molar-refractivity contribution in [1.29, 1.82) is 0 Å². The fraction of sp³-hybridized carbons (Fsp3) is 0.444. The van der Waals surface area contributed by atoms with Crippen molar-refractivity contribution >= 4 is 23.3 Å². The average molecular weight is 453 g/mol. The molecule has 6 rings (SSSR count). The molecule has 3 fully saturated rings. The van der Waals surface area contributed by atoms with Crippen molar-refractivity contribution in [3.05, 3.63) is 59.7 Å². The van der Waals surface area contributed by atoms with Crippen LogP contribution in [-0.2, 0) is 0 Å². The highest BCUT2D eigenvalue weighted by atomic mass is 35.5. The zero-order valence-corrected chi connectivity index (χ0v) is 19.9. The van der Waals surface area contributed by atoms with Gasteiger partial charge in [-0.25, -0.2) is 4.98 Å². The van der Waals surface area contributed by atoms with Crippen molar-refractivity contribution in [3.63, 3.8) is 0 Å². The van der Waals surface area contributed by atoms with E-state index in [9.17, 15) is 5.11 Å². The first-order chi connectivity index (χ1) is 15.1. The summed E-state index contributed by atoms with van der Waals surface area (Å²) in [6, 6.07) is 16.6. The number of ether oxygens (including phenoxy) is 1. The maximum absolute atomic E-state index is 11.7. The van der Waals surface area contributed by atoms with E-state index in [1.807, 2.05) is 18.2 Å². The van der Waals surface area contributed by atoms with Crippen LogP contribution in [0.1, 0.15) is 43.4 Å². The molecular formula is C27H33ClN2O2. The van der Waals surface area contributed by atoms with Crippen LogP contribution < -0.4 is 4.74 Å². The number of benzene rings is 2. The van der Waals surface area contributed by atoms with Crippen molar-refractivity contribution in [2.24, 2.45) is 11.8 Å². The lowest BCUT2D eigenvalue weighted by Crippen LogP contribution is -2.55. The Morgan fingerprint density at radius 1 is 1.19 bits per heavy atom. The molecule has 4 heterocycles. The molecule has 4 nitrogen and oxygen atoms in total. The molecule has 0 aliphatic carbocycles. The van der Waals surface area contributed by atoms with E-state index in [-0.39, 0.29) is 18.4 Å². The molecule has 2 bridgehead atoms. The predicted octanol–water partition coefficient (Wildman–Crippen LogP) is 5.79. The van der Waals surface area contributed by atoms with Gasteiger partial charge in [0.25, 0.3) is 0 Å². The summed E-state index contributed by atoms with van der Waals surface area (Å²) in [5, 5.41) is 12.7. The van der Waals surface area contributed by atoms with Crippen LogP contribution in [0.2, 0.25) is 0 Å². The first-order valence-electron chi connectivity index (χ1n) is 11.6. The number of hydrogen-bond donors (Lipinski definition) is 1. The van der Waals surface area contributed by atoms with Crippen molar-refractivity contribution in [2.45, 2.75) is 45.3 Å². The number of aromatic nitrogens is 1. The second-order valence-electron chi connectivity index (χ2n) is 9.25. The summed E-state index contributed by atoms with van der Waals surface area (Å²) >= 11 is 0. The van der Waals surface area contributed by atoms with Gasteiger partial charge in [-0.1, -0.05) is 37.6 Å². The van der Waals surface area contributed by atoms with E-state index in [2.05, 4.69) is 49.1 Å². The minimum Gasteiger partial charge on any atom is -0.497 e. The molecule has 0 saturated carbocycles. The van der Waals surface area contributed by atoms with Crippen molar-refractivity contribution in [3.8, 4) is 17.0 Å². The molecule has 0 amide bonds. The number of aliphatic hydroxyl groups is 1. The molecule has 170 valence electrons. The summed E-state index contributed by atoms with van der Waals surface area (Å²) < 4.78 is 5.49. The number of rotatable bonds is 5. The SMILES string of the molecule is CC[C@H]1CN2CC[C@H]1C[C@H]2[C@H](O)c1cc(-c2ccccc2C)nc2ccc(OC)cc12.Cl. The van der Waals surface area contributed by atoms with Crippen molar-refractivity contribution in [1.82, 2.24) is 9.88 Å². The highest BCUT2D eigenvalue weighted by Gasteiger charge is 2.42. The second kappa shape index (κ2) is 9.38. The van der Waals surface area contributed by atoms with Crippen LogP contribution in [0, 0.1) is 18.8 Å². The summed E-state index contributed by atoms with van der Waals surface area (Å²) in [7, 11) is 1.68. The van der Waals surface area contributed by atoms with Gasteiger partial charge in [0.2, 0.25) is 0 Å². The lowest BCUT2D eigenvalue weighted by molar-refractivity contribution is -0.0562. The Balaban J connectivity index is 0.00000245. The van der Waals surface area contributed by atoms with Crippen LogP contribution in [-0.4, -0.2) is 41.2 Å². The summed E-state index contributed by atoms with van der Waals surface area (Å²) in [6.07, 6.45) is 3.03. The third-order valence-electron chi connectivity index (χ3n) is 7.61. The maximum atomic E-state index is 11.7. The summed E-state index contributed by atoms with van der Waals surface area (Å²) in [5.41, 5.74) is 5.10. The van der Waals surface area contributed by atoms with E-state index in [4.69, 9.17) is 9.72 Å². The summed E-state index contributed by atoms with van der Waals surface area (Å²) in [4.78, 5) is 7.49. The summed E-state index contributed by atoms with van der Waals surface area (Å²) in [6.45, 7) is 6.62. The van der Waals surface area contributed by atoms with E-state index < -0.39 is 6.10 Å². The van der Waals surface area contributed by atoms with E-state index in [0.29, 0.717) is 0 Å². The second-order valence-corrected chi connectivity index (χ2v) is 9.25. The zero-order valence-electron chi connectivity index (χ0n) is 19.1. The van der Waals surface area contributed by atoms with Gasteiger partial charge in [-0.2, -0.15) is 0 Å². The van der Waals surface area contributed by atoms with E-state index in [0.717, 1.165) is 64.8 Å². The lowest BCUT2D eigenvalue weighted by Gasteiger charge is -2.51. The average Bonchev–Trinajstić information content (AvgIpc) is 2.83. The fourth-order valence-corrected chi connectivity index (χ4v) is 5.78. The van der Waals surface area contributed by atoms with E-state index in [1.54, 1.807) is 7.11 Å². The number of piperidine rings is 3. The third kappa shape index (κ3) is 4.00. The number of pyridine rings is 1. The molecule has 0 spiro atoms. The zero-order chi connectivity index (χ0) is 21.5. The molecule has 3 aliphatic rings. The van der Waals surface area contributed by atoms with E-state index in [1.165, 1.54) is 18.4 Å². The largest absolute Gasteiger partial charge is 0.497 e. The Labute approximate surface area is 197 Å². The molecule has 0 radical (unpaired) electrons. The van der Waals surface area contributed by atoms with Gasteiger partial charge >= 0.3 is 0 Å². The molecular weight excluding hydrogens is 420 g/mol. The lowest BCUT2D eigenvalue weighted by atomic mass is 9.72.